The lowest BCUT2D eigenvalue weighted by atomic mass is 10.2. The van der Waals surface area contributed by atoms with Gasteiger partial charge < -0.3 is 15.5 Å². The Kier molecular flexibility index (Phi) is 8.32. The maximum atomic E-state index is 4.41. The molecule has 126 valence electrons. The number of aliphatic imine (C=N–C) groups is 1. The van der Waals surface area contributed by atoms with Crippen LogP contribution >= 0.6 is 35.3 Å². The van der Waals surface area contributed by atoms with Crippen molar-refractivity contribution < 1.29 is 0 Å². The molecule has 0 unspecified atom stereocenters. The predicted molar refractivity (Wildman–Crippen MR) is 110 cm³/mol. The van der Waals surface area contributed by atoms with Gasteiger partial charge in [0.1, 0.15) is 5.82 Å². The molecule has 2 aromatic heterocycles. The molecular formula is C16H24IN5S. The largest absolute Gasteiger partial charge is 0.362 e. The maximum absolute atomic E-state index is 4.41. The van der Waals surface area contributed by atoms with Gasteiger partial charge >= 0.3 is 0 Å². The second kappa shape index (κ2) is 9.71. The molecule has 2 heterocycles. The molecule has 2 aromatic rings. The van der Waals surface area contributed by atoms with Crippen LogP contribution in [0.1, 0.15) is 15.3 Å². The zero-order valence-corrected chi connectivity index (χ0v) is 17.1. The molecule has 2 N–H and O–H groups in total. The standard InChI is InChI=1S/C16H23N5S.HI/c1-12-7-8-14(22-12)11-20-16(17-2)19-10-13-6-5-9-18-15(13)21(3)4;/h5-9H,10-11H2,1-4H3,(H2,17,19,20);1H. The van der Waals surface area contributed by atoms with Crippen LogP contribution < -0.4 is 15.5 Å². The second-order valence-corrected chi connectivity index (χ2v) is 6.54. The third kappa shape index (κ3) is 5.98. The molecule has 2 rings (SSSR count). The molecule has 0 aliphatic heterocycles. The van der Waals surface area contributed by atoms with Crippen LogP contribution in [0.25, 0.3) is 0 Å². The van der Waals surface area contributed by atoms with Crippen LogP contribution in [0.3, 0.4) is 0 Å². The summed E-state index contributed by atoms with van der Waals surface area (Å²) in [6, 6.07) is 8.31. The van der Waals surface area contributed by atoms with E-state index in [4.69, 9.17) is 0 Å². The Hall–Kier alpha value is -1.35. The fourth-order valence-electron chi connectivity index (χ4n) is 2.12. The number of nitrogens with one attached hydrogen (secondary N) is 2. The van der Waals surface area contributed by atoms with Crippen LogP contribution in [-0.2, 0) is 13.1 Å². The van der Waals surface area contributed by atoms with Gasteiger partial charge in [-0.2, -0.15) is 0 Å². The highest BCUT2D eigenvalue weighted by Crippen LogP contribution is 2.15. The molecule has 0 fully saturated rings. The van der Waals surface area contributed by atoms with Crippen molar-refractivity contribution in [3.8, 4) is 0 Å². The van der Waals surface area contributed by atoms with E-state index in [0.29, 0.717) is 6.54 Å². The van der Waals surface area contributed by atoms with Crippen LogP contribution in [0.4, 0.5) is 5.82 Å². The SMILES string of the molecule is CN=C(NCc1ccc(C)s1)NCc1cccnc1N(C)C.I. The summed E-state index contributed by atoms with van der Waals surface area (Å²) >= 11 is 1.80. The number of hydrogen-bond donors (Lipinski definition) is 2. The molecule has 0 atom stereocenters. The molecule has 0 bridgehead atoms. The van der Waals surface area contributed by atoms with Gasteiger partial charge in [0.2, 0.25) is 0 Å². The van der Waals surface area contributed by atoms with Crippen molar-refractivity contribution in [3.63, 3.8) is 0 Å². The second-order valence-electron chi connectivity index (χ2n) is 5.17. The Bertz CT molecular complexity index is 639. The molecule has 0 radical (unpaired) electrons. The number of guanidine groups is 1. The smallest absolute Gasteiger partial charge is 0.191 e. The number of thiophene rings is 1. The molecule has 0 amide bonds. The molecule has 5 nitrogen and oxygen atoms in total. The molecule has 0 saturated heterocycles. The summed E-state index contributed by atoms with van der Waals surface area (Å²) in [4.78, 5) is 13.3. The zero-order valence-electron chi connectivity index (χ0n) is 14.0. The summed E-state index contributed by atoms with van der Waals surface area (Å²) in [6.07, 6.45) is 1.81. The molecule has 7 heteroatoms. The number of rotatable bonds is 5. The summed E-state index contributed by atoms with van der Waals surface area (Å²) < 4.78 is 0. The minimum Gasteiger partial charge on any atom is -0.362 e. The fourth-order valence-corrected chi connectivity index (χ4v) is 2.95. The van der Waals surface area contributed by atoms with E-state index in [0.717, 1.165) is 23.9 Å². The molecule has 0 aliphatic rings. The maximum Gasteiger partial charge on any atom is 0.191 e. The van der Waals surface area contributed by atoms with Gasteiger partial charge in [-0.05, 0) is 25.1 Å². The highest BCUT2D eigenvalue weighted by atomic mass is 127. The van der Waals surface area contributed by atoms with E-state index in [2.05, 4.69) is 45.7 Å². The van der Waals surface area contributed by atoms with Gasteiger partial charge in [-0.1, -0.05) is 6.07 Å². The lowest BCUT2D eigenvalue weighted by Gasteiger charge is -2.17. The normalized spacial score (nSPS) is 10.9. The summed E-state index contributed by atoms with van der Waals surface area (Å²) in [5.41, 5.74) is 1.14. The van der Waals surface area contributed by atoms with E-state index < -0.39 is 0 Å². The van der Waals surface area contributed by atoms with E-state index in [1.54, 1.807) is 18.4 Å². The number of anilines is 1. The zero-order chi connectivity index (χ0) is 15.9. The first-order valence-electron chi connectivity index (χ1n) is 7.21. The highest BCUT2D eigenvalue weighted by Gasteiger charge is 2.06. The number of pyridine rings is 1. The van der Waals surface area contributed by atoms with E-state index in [1.165, 1.54) is 9.75 Å². The Labute approximate surface area is 159 Å². The first-order valence-corrected chi connectivity index (χ1v) is 8.03. The van der Waals surface area contributed by atoms with Gasteiger partial charge in [0.25, 0.3) is 0 Å². The van der Waals surface area contributed by atoms with Crippen molar-refractivity contribution in [1.29, 1.82) is 0 Å². The molecule has 23 heavy (non-hydrogen) atoms. The Morgan fingerprint density at radius 1 is 1.22 bits per heavy atom. The average molecular weight is 445 g/mol. The van der Waals surface area contributed by atoms with E-state index in [1.807, 2.05) is 31.3 Å². The monoisotopic (exact) mass is 445 g/mol. The van der Waals surface area contributed by atoms with Crippen molar-refractivity contribution in [2.75, 3.05) is 26.0 Å². The number of hydrogen-bond acceptors (Lipinski definition) is 4. The third-order valence-corrected chi connectivity index (χ3v) is 4.19. The molecule has 0 spiro atoms. The fraction of sp³-hybridized carbons (Fsp3) is 0.375. The van der Waals surface area contributed by atoms with Gasteiger partial charge in [-0.25, -0.2) is 4.98 Å². The predicted octanol–water partition coefficient (Wildman–Crippen LogP) is 3.00. The number of nitrogens with zero attached hydrogens (tertiary/aromatic N) is 3. The minimum atomic E-state index is 0. The summed E-state index contributed by atoms with van der Waals surface area (Å²) in [5, 5.41) is 6.67. The summed E-state index contributed by atoms with van der Waals surface area (Å²) in [7, 11) is 5.78. The van der Waals surface area contributed by atoms with Crippen LogP contribution in [0.15, 0.2) is 35.5 Å². The number of halogens is 1. The van der Waals surface area contributed by atoms with Crippen molar-refractivity contribution in [2.24, 2.45) is 4.99 Å². The summed E-state index contributed by atoms with van der Waals surface area (Å²) in [6.45, 7) is 3.59. The topological polar surface area (TPSA) is 52.6 Å². The van der Waals surface area contributed by atoms with E-state index in [-0.39, 0.29) is 24.0 Å². The van der Waals surface area contributed by atoms with Crippen molar-refractivity contribution in [3.05, 3.63) is 45.8 Å². The Balaban J connectivity index is 0.00000264. The first-order chi connectivity index (χ1) is 10.6. The average Bonchev–Trinajstić information content (AvgIpc) is 2.93. The Morgan fingerprint density at radius 3 is 2.57 bits per heavy atom. The van der Waals surface area contributed by atoms with Gasteiger partial charge in [-0.3, -0.25) is 4.99 Å². The van der Waals surface area contributed by atoms with Crippen molar-refractivity contribution in [1.82, 2.24) is 15.6 Å². The quantitative estimate of drug-likeness (QED) is 0.422. The van der Waals surface area contributed by atoms with Crippen LogP contribution in [0.2, 0.25) is 0 Å². The minimum absolute atomic E-state index is 0. The molecule has 0 saturated carbocycles. The van der Waals surface area contributed by atoms with Crippen LogP contribution in [0.5, 0.6) is 0 Å². The third-order valence-electron chi connectivity index (χ3n) is 3.19. The van der Waals surface area contributed by atoms with Crippen LogP contribution in [0, 0.1) is 6.92 Å². The van der Waals surface area contributed by atoms with Gasteiger partial charge in [0, 0.05) is 49.2 Å². The first kappa shape index (κ1) is 19.7. The van der Waals surface area contributed by atoms with Crippen molar-refractivity contribution >= 4 is 47.1 Å². The van der Waals surface area contributed by atoms with E-state index in [9.17, 15) is 0 Å². The highest BCUT2D eigenvalue weighted by molar-refractivity contribution is 14.0. The number of aromatic nitrogens is 1. The van der Waals surface area contributed by atoms with Gasteiger partial charge in [0.05, 0.1) is 6.54 Å². The van der Waals surface area contributed by atoms with E-state index >= 15 is 0 Å². The lowest BCUT2D eigenvalue weighted by Crippen LogP contribution is -2.36. The van der Waals surface area contributed by atoms with Crippen LogP contribution in [-0.4, -0.2) is 32.1 Å². The van der Waals surface area contributed by atoms with Crippen molar-refractivity contribution in [2.45, 2.75) is 20.0 Å². The Morgan fingerprint density at radius 2 is 1.96 bits per heavy atom. The summed E-state index contributed by atoms with van der Waals surface area (Å²) in [5.74, 6) is 1.76. The molecule has 0 aromatic carbocycles. The van der Waals surface area contributed by atoms with Gasteiger partial charge in [-0.15, -0.1) is 35.3 Å². The lowest BCUT2D eigenvalue weighted by molar-refractivity contribution is 0.810. The van der Waals surface area contributed by atoms with Gasteiger partial charge in [0.15, 0.2) is 5.96 Å². The molecular weight excluding hydrogens is 421 g/mol. The number of aryl methyl sites for hydroxylation is 1. The molecule has 0 aliphatic carbocycles.